The van der Waals surface area contributed by atoms with Gasteiger partial charge < -0.3 is 9.47 Å². The van der Waals surface area contributed by atoms with Gasteiger partial charge in [-0.3, -0.25) is 14.4 Å². The predicted octanol–water partition coefficient (Wildman–Crippen LogP) is 3.08. The van der Waals surface area contributed by atoms with E-state index in [4.69, 9.17) is 9.47 Å². The third-order valence-electron chi connectivity index (χ3n) is 3.49. The van der Waals surface area contributed by atoms with Gasteiger partial charge in [-0.05, 0) is 33.3 Å². The smallest absolute Gasteiger partial charge is 0.331 e. The molecule has 0 aliphatic heterocycles. The van der Waals surface area contributed by atoms with Crippen LogP contribution in [0.25, 0.3) is 0 Å². The Morgan fingerprint density at radius 2 is 1.42 bits per heavy atom. The highest BCUT2D eigenvalue weighted by atomic mass is 79.9. The summed E-state index contributed by atoms with van der Waals surface area (Å²) in [6.45, 7) is 6.55. The number of alkyl halides is 1. The average Bonchev–Trinajstić information content (AvgIpc) is 2.52. The topological polar surface area (TPSA) is 69.7 Å². The van der Waals surface area contributed by atoms with Gasteiger partial charge in [0.05, 0.1) is 17.5 Å². The Balaban J connectivity index is 3.50. The molecule has 0 fully saturated rings. The zero-order valence-corrected chi connectivity index (χ0v) is 16.0. The van der Waals surface area contributed by atoms with E-state index in [-0.39, 0.29) is 19.6 Å². The third kappa shape index (κ3) is 4.44. The van der Waals surface area contributed by atoms with Gasteiger partial charge in [0.2, 0.25) is 5.41 Å². The molecular weight excluding hydrogens is 376 g/mol. The highest BCUT2D eigenvalue weighted by Gasteiger charge is 2.58. The van der Waals surface area contributed by atoms with E-state index in [1.807, 2.05) is 6.07 Å². The van der Waals surface area contributed by atoms with E-state index in [9.17, 15) is 14.4 Å². The molecule has 0 N–H and O–H groups in total. The first-order chi connectivity index (χ1) is 11.2. The van der Waals surface area contributed by atoms with Gasteiger partial charge in [0.25, 0.3) is 0 Å². The predicted molar refractivity (Wildman–Crippen MR) is 93.9 cm³/mol. The number of rotatable bonds is 8. The largest absolute Gasteiger partial charge is 0.465 e. The molecule has 0 amide bonds. The molecule has 0 saturated carbocycles. The van der Waals surface area contributed by atoms with Gasteiger partial charge in [0.15, 0.2) is 5.78 Å². The first-order valence-corrected chi connectivity index (χ1v) is 8.61. The van der Waals surface area contributed by atoms with Gasteiger partial charge >= 0.3 is 11.9 Å². The van der Waals surface area contributed by atoms with Gasteiger partial charge in [-0.25, -0.2) is 0 Å². The van der Waals surface area contributed by atoms with Crippen LogP contribution in [-0.4, -0.2) is 35.3 Å². The SMILES string of the molecule is CCOC(=O)C(Cc1ccccc1)(C(=O)OCC)C(=O)C(C)(C)Br. The Hall–Kier alpha value is -1.69. The summed E-state index contributed by atoms with van der Waals surface area (Å²) in [5.74, 6) is -2.36. The molecule has 0 radical (unpaired) electrons. The zero-order valence-electron chi connectivity index (χ0n) is 14.4. The molecule has 0 unspecified atom stereocenters. The van der Waals surface area contributed by atoms with Crippen molar-refractivity contribution < 1.29 is 23.9 Å². The first kappa shape index (κ1) is 20.4. The van der Waals surface area contributed by atoms with Crippen LogP contribution in [0.15, 0.2) is 30.3 Å². The highest BCUT2D eigenvalue weighted by Crippen LogP contribution is 2.36. The summed E-state index contributed by atoms with van der Waals surface area (Å²) in [6.07, 6.45) is -0.112. The van der Waals surface area contributed by atoms with E-state index >= 15 is 0 Å². The quantitative estimate of drug-likeness (QED) is 0.382. The van der Waals surface area contributed by atoms with Crippen molar-refractivity contribution in [3.05, 3.63) is 35.9 Å². The molecule has 6 heteroatoms. The fraction of sp³-hybridized carbons (Fsp3) is 0.500. The standard InChI is InChI=1S/C18H23BrO5/c1-5-23-15(21)18(16(22)24-6-2,14(20)17(3,4)19)12-13-10-8-7-9-11-13/h7-11H,5-6,12H2,1-4H3. The molecule has 1 aromatic carbocycles. The maximum absolute atomic E-state index is 13.1. The number of ketones is 1. The Labute approximate surface area is 150 Å². The second-order valence-corrected chi connectivity index (χ2v) is 7.79. The van der Waals surface area contributed by atoms with Crippen molar-refractivity contribution in [3.8, 4) is 0 Å². The molecule has 0 spiro atoms. The number of carbonyl (C=O) groups excluding carboxylic acids is 3. The van der Waals surface area contributed by atoms with E-state index in [0.717, 1.165) is 0 Å². The fourth-order valence-corrected chi connectivity index (χ4v) is 2.75. The van der Waals surface area contributed by atoms with Crippen LogP contribution in [0.4, 0.5) is 0 Å². The number of hydrogen-bond acceptors (Lipinski definition) is 5. The number of Topliss-reactive ketones (excluding diaryl/α,β-unsaturated/α-hetero) is 1. The molecule has 0 bridgehead atoms. The van der Waals surface area contributed by atoms with Crippen molar-refractivity contribution in [2.24, 2.45) is 5.41 Å². The molecule has 1 aromatic rings. The highest BCUT2D eigenvalue weighted by molar-refractivity contribution is 9.10. The molecule has 132 valence electrons. The molecule has 0 heterocycles. The Kier molecular flexibility index (Phi) is 7.14. The minimum Gasteiger partial charge on any atom is -0.465 e. The molecule has 0 aliphatic carbocycles. The number of benzene rings is 1. The van der Waals surface area contributed by atoms with Crippen molar-refractivity contribution in [1.82, 2.24) is 0 Å². The van der Waals surface area contributed by atoms with Crippen molar-refractivity contribution >= 4 is 33.7 Å². The molecule has 24 heavy (non-hydrogen) atoms. The Morgan fingerprint density at radius 3 is 1.79 bits per heavy atom. The van der Waals surface area contributed by atoms with E-state index in [0.29, 0.717) is 5.56 Å². The van der Waals surface area contributed by atoms with Crippen LogP contribution in [-0.2, 0) is 30.3 Å². The minimum atomic E-state index is -2.04. The lowest BCUT2D eigenvalue weighted by Gasteiger charge is -2.32. The summed E-state index contributed by atoms with van der Waals surface area (Å²) in [4.78, 5) is 38.5. The molecule has 0 atom stereocenters. The monoisotopic (exact) mass is 398 g/mol. The average molecular weight is 399 g/mol. The van der Waals surface area contributed by atoms with Crippen LogP contribution < -0.4 is 0 Å². The molecule has 0 aliphatic rings. The van der Waals surface area contributed by atoms with Crippen molar-refractivity contribution in [1.29, 1.82) is 0 Å². The van der Waals surface area contributed by atoms with E-state index in [1.165, 1.54) is 0 Å². The number of esters is 2. The van der Waals surface area contributed by atoms with Crippen LogP contribution in [0.5, 0.6) is 0 Å². The van der Waals surface area contributed by atoms with Crippen LogP contribution in [0.1, 0.15) is 33.3 Å². The van der Waals surface area contributed by atoms with Gasteiger partial charge in [0, 0.05) is 6.42 Å². The van der Waals surface area contributed by atoms with Gasteiger partial charge in [-0.2, -0.15) is 0 Å². The van der Waals surface area contributed by atoms with Crippen molar-refractivity contribution in [2.75, 3.05) is 13.2 Å². The van der Waals surface area contributed by atoms with Crippen LogP contribution in [0, 0.1) is 5.41 Å². The van der Waals surface area contributed by atoms with E-state index in [1.54, 1.807) is 52.0 Å². The summed E-state index contributed by atoms with van der Waals surface area (Å²) in [7, 11) is 0. The minimum absolute atomic E-state index is 0.0603. The van der Waals surface area contributed by atoms with Crippen LogP contribution in [0.2, 0.25) is 0 Å². The Bertz CT molecular complexity index is 571. The van der Waals surface area contributed by atoms with Gasteiger partial charge in [-0.15, -0.1) is 0 Å². The summed E-state index contributed by atoms with van der Waals surface area (Å²) in [6, 6.07) is 8.87. The fourth-order valence-electron chi connectivity index (χ4n) is 2.41. The maximum atomic E-state index is 13.1. The molecular formula is C18H23BrO5. The zero-order chi connectivity index (χ0) is 18.4. The first-order valence-electron chi connectivity index (χ1n) is 7.82. The molecule has 5 nitrogen and oxygen atoms in total. The van der Waals surface area contributed by atoms with E-state index in [2.05, 4.69) is 15.9 Å². The third-order valence-corrected chi connectivity index (χ3v) is 3.85. The summed E-state index contributed by atoms with van der Waals surface area (Å²) in [5, 5.41) is 0. The summed E-state index contributed by atoms with van der Waals surface area (Å²) < 4.78 is 9.07. The Morgan fingerprint density at radius 1 is 0.958 bits per heavy atom. The number of halogens is 1. The second-order valence-electron chi connectivity index (χ2n) is 5.81. The van der Waals surface area contributed by atoms with Crippen LogP contribution >= 0.6 is 15.9 Å². The maximum Gasteiger partial charge on any atom is 0.331 e. The van der Waals surface area contributed by atoms with Gasteiger partial charge in [-0.1, -0.05) is 46.3 Å². The summed E-state index contributed by atoms with van der Waals surface area (Å²) in [5.41, 5.74) is -1.37. The lowest BCUT2D eigenvalue weighted by molar-refractivity contribution is -0.175. The second kappa shape index (κ2) is 8.42. The number of ether oxygens (including phenoxy) is 2. The molecule has 1 rings (SSSR count). The van der Waals surface area contributed by atoms with Crippen molar-refractivity contribution in [3.63, 3.8) is 0 Å². The number of hydrogen-bond donors (Lipinski definition) is 0. The lowest BCUT2D eigenvalue weighted by Crippen LogP contribution is -2.55. The lowest BCUT2D eigenvalue weighted by atomic mass is 9.74. The summed E-state index contributed by atoms with van der Waals surface area (Å²) >= 11 is 3.27. The molecule has 0 aromatic heterocycles. The number of carbonyl (C=O) groups is 3. The van der Waals surface area contributed by atoms with Crippen LogP contribution in [0.3, 0.4) is 0 Å². The normalized spacial score (nSPS) is 11.7. The van der Waals surface area contributed by atoms with Gasteiger partial charge in [0.1, 0.15) is 0 Å². The van der Waals surface area contributed by atoms with Crippen molar-refractivity contribution in [2.45, 2.75) is 38.4 Å². The van der Waals surface area contributed by atoms with E-state index < -0.39 is 27.5 Å². The molecule has 0 saturated heterocycles.